The monoisotopic (exact) mass is 452 g/mol. The van der Waals surface area contributed by atoms with Crippen LogP contribution in [0.3, 0.4) is 0 Å². The van der Waals surface area contributed by atoms with Crippen molar-refractivity contribution >= 4 is 23.2 Å². The molecule has 2 amide bonds. The van der Waals surface area contributed by atoms with Crippen LogP contribution in [-0.4, -0.2) is 33.1 Å². The average Bonchev–Trinajstić information content (AvgIpc) is 2.82. The minimum atomic E-state index is -0.444. The molecule has 0 spiro atoms. The lowest BCUT2D eigenvalue weighted by Crippen LogP contribution is -2.15. The van der Waals surface area contributed by atoms with Crippen LogP contribution in [0.25, 0.3) is 0 Å². The summed E-state index contributed by atoms with van der Waals surface area (Å²) in [6.45, 7) is 0. The first-order valence-corrected chi connectivity index (χ1v) is 10.2. The Labute approximate surface area is 191 Å². The molecular weight excluding hydrogens is 427 g/mol. The van der Waals surface area contributed by atoms with E-state index >= 15 is 0 Å². The number of halogens is 1. The number of hydrogen-bond acceptors (Lipinski definition) is 5. The molecule has 0 unspecified atom stereocenters. The van der Waals surface area contributed by atoms with E-state index < -0.39 is 11.7 Å². The fourth-order valence-corrected chi connectivity index (χ4v) is 3.27. The quantitative estimate of drug-likeness (QED) is 0.493. The molecule has 8 heteroatoms. The zero-order valence-corrected chi connectivity index (χ0v) is 18.6. The molecule has 0 saturated carbocycles. The second-order valence-electron chi connectivity index (χ2n) is 7.13. The molecule has 7 nitrogen and oxygen atoms in total. The Morgan fingerprint density at radius 2 is 1.45 bits per heavy atom. The van der Waals surface area contributed by atoms with Crippen molar-refractivity contribution in [3.63, 3.8) is 0 Å². The van der Waals surface area contributed by atoms with Crippen LogP contribution in [0.1, 0.15) is 22.3 Å². The number of carbonyl (C=O) groups is 2. The molecule has 0 bridgehead atoms. The minimum absolute atomic E-state index is 0.207. The fourth-order valence-electron chi connectivity index (χ4n) is 3.27. The second-order valence-corrected chi connectivity index (χ2v) is 7.13. The number of aryl methyl sites for hydroxylation is 1. The van der Waals surface area contributed by atoms with Crippen LogP contribution in [-0.2, 0) is 11.2 Å². The molecule has 0 aromatic heterocycles. The minimum Gasteiger partial charge on any atom is -0.493 e. The summed E-state index contributed by atoms with van der Waals surface area (Å²) in [5.74, 6) is 0.455. The van der Waals surface area contributed by atoms with Crippen LogP contribution in [0, 0.1) is 5.82 Å². The van der Waals surface area contributed by atoms with E-state index in [0.29, 0.717) is 40.6 Å². The molecule has 0 radical (unpaired) electrons. The van der Waals surface area contributed by atoms with Gasteiger partial charge in [0, 0.05) is 23.4 Å². The van der Waals surface area contributed by atoms with E-state index in [1.54, 1.807) is 42.5 Å². The highest BCUT2D eigenvalue weighted by Crippen LogP contribution is 2.38. The van der Waals surface area contributed by atoms with E-state index in [4.69, 9.17) is 14.2 Å². The van der Waals surface area contributed by atoms with E-state index in [1.807, 2.05) is 0 Å². The molecule has 33 heavy (non-hydrogen) atoms. The highest BCUT2D eigenvalue weighted by atomic mass is 19.1. The molecule has 3 aromatic rings. The number of methoxy groups -OCH3 is 3. The zero-order chi connectivity index (χ0) is 23.8. The van der Waals surface area contributed by atoms with Crippen LogP contribution < -0.4 is 24.8 Å². The summed E-state index contributed by atoms with van der Waals surface area (Å²) in [4.78, 5) is 25.0. The van der Waals surface area contributed by atoms with Gasteiger partial charge in [-0.25, -0.2) is 4.39 Å². The predicted molar refractivity (Wildman–Crippen MR) is 124 cm³/mol. The molecular formula is C25H25FN2O5. The number of benzene rings is 3. The summed E-state index contributed by atoms with van der Waals surface area (Å²) >= 11 is 0. The van der Waals surface area contributed by atoms with Gasteiger partial charge in [-0.2, -0.15) is 0 Å². The molecule has 2 N–H and O–H groups in total. The number of anilines is 2. The van der Waals surface area contributed by atoms with E-state index in [1.165, 1.54) is 39.5 Å². The van der Waals surface area contributed by atoms with E-state index in [0.717, 1.165) is 5.56 Å². The summed E-state index contributed by atoms with van der Waals surface area (Å²) in [7, 11) is 4.59. The third-order valence-electron chi connectivity index (χ3n) is 4.86. The molecule has 0 atom stereocenters. The van der Waals surface area contributed by atoms with Gasteiger partial charge in [0.05, 0.1) is 21.3 Å². The Morgan fingerprint density at radius 3 is 2.06 bits per heavy atom. The van der Waals surface area contributed by atoms with Gasteiger partial charge in [0.2, 0.25) is 11.7 Å². The normalized spacial score (nSPS) is 10.3. The molecule has 0 aliphatic rings. The van der Waals surface area contributed by atoms with Gasteiger partial charge in [-0.15, -0.1) is 0 Å². The van der Waals surface area contributed by atoms with Crippen LogP contribution >= 0.6 is 0 Å². The number of amides is 2. The van der Waals surface area contributed by atoms with E-state index in [2.05, 4.69) is 10.6 Å². The molecule has 0 aliphatic heterocycles. The van der Waals surface area contributed by atoms with Crippen LogP contribution in [0.5, 0.6) is 17.2 Å². The predicted octanol–water partition coefficient (Wildman–Crippen LogP) is 4.68. The summed E-state index contributed by atoms with van der Waals surface area (Å²) in [5.41, 5.74) is 2.01. The van der Waals surface area contributed by atoms with Crippen molar-refractivity contribution in [3.05, 3.63) is 77.6 Å². The maximum absolute atomic E-state index is 13.3. The molecule has 3 aromatic carbocycles. The maximum Gasteiger partial charge on any atom is 0.255 e. The standard InChI is InChI=1S/C25H25FN2O5/c1-31-21-12-16(13-22(32-2)24(21)33-3)10-11-23(29)27-19-8-4-6-17(14-19)25(30)28-20-9-5-7-18(26)15-20/h4-9,12-15H,10-11H2,1-3H3,(H,27,29)(H,28,30). The summed E-state index contributed by atoms with van der Waals surface area (Å²) in [6.07, 6.45) is 0.653. The summed E-state index contributed by atoms with van der Waals surface area (Å²) in [5, 5.41) is 5.43. The van der Waals surface area contributed by atoms with E-state index in [-0.39, 0.29) is 12.3 Å². The van der Waals surface area contributed by atoms with Crippen molar-refractivity contribution in [1.82, 2.24) is 0 Å². The third-order valence-corrected chi connectivity index (χ3v) is 4.86. The first-order chi connectivity index (χ1) is 15.9. The van der Waals surface area contributed by atoms with Gasteiger partial charge < -0.3 is 24.8 Å². The molecule has 0 saturated heterocycles. The van der Waals surface area contributed by atoms with Crippen molar-refractivity contribution in [1.29, 1.82) is 0 Å². The van der Waals surface area contributed by atoms with Gasteiger partial charge in [0.1, 0.15) is 5.82 Å². The average molecular weight is 452 g/mol. The van der Waals surface area contributed by atoms with Gasteiger partial charge in [0.25, 0.3) is 5.91 Å². The Morgan fingerprint density at radius 1 is 0.818 bits per heavy atom. The first kappa shape index (κ1) is 23.6. The van der Waals surface area contributed by atoms with Crippen molar-refractivity contribution in [2.45, 2.75) is 12.8 Å². The second kappa shape index (κ2) is 11.0. The topological polar surface area (TPSA) is 85.9 Å². The van der Waals surface area contributed by atoms with Gasteiger partial charge in [-0.3, -0.25) is 9.59 Å². The Kier molecular flexibility index (Phi) is 7.86. The number of rotatable bonds is 9. The molecule has 3 rings (SSSR count). The third kappa shape index (κ3) is 6.22. The van der Waals surface area contributed by atoms with Crippen molar-refractivity contribution in [2.24, 2.45) is 0 Å². The van der Waals surface area contributed by atoms with Gasteiger partial charge >= 0.3 is 0 Å². The fraction of sp³-hybridized carbons (Fsp3) is 0.200. The Bertz CT molecular complexity index is 1120. The SMILES string of the molecule is COc1cc(CCC(=O)Nc2cccc(C(=O)Nc3cccc(F)c3)c2)cc(OC)c1OC. The van der Waals surface area contributed by atoms with E-state index in [9.17, 15) is 14.0 Å². The first-order valence-electron chi connectivity index (χ1n) is 10.2. The lowest BCUT2D eigenvalue weighted by atomic mass is 10.1. The largest absolute Gasteiger partial charge is 0.493 e. The zero-order valence-electron chi connectivity index (χ0n) is 18.6. The van der Waals surface area contributed by atoms with Crippen molar-refractivity contribution < 1.29 is 28.2 Å². The Hall–Kier alpha value is -4.07. The smallest absolute Gasteiger partial charge is 0.255 e. The number of hydrogen-bond donors (Lipinski definition) is 2. The van der Waals surface area contributed by atoms with Crippen LogP contribution in [0.2, 0.25) is 0 Å². The lowest BCUT2D eigenvalue weighted by molar-refractivity contribution is -0.116. The van der Waals surface area contributed by atoms with Crippen LogP contribution in [0.15, 0.2) is 60.7 Å². The highest BCUT2D eigenvalue weighted by Gasteiger charge is 2.14. The summed E-state index contributed by atoms with van der Waals surface area (Å²) in [6, 6.07) is 15.7. The van der Waals surface area contributed by atoms with Crippen molar-refractivity contribution in [3.8, 4) is 17.2 Å². The van der Waals surface area contributed by atoms with Gasteiger partial charge in [-0.05, 0) is 60.5 Å². The molecule has 0 fully saturated rings. The van der Waals surface area contributed by atoms with Crippen LogP contribution in [0.4, 0.5) is 15.8 Å². The number of nitrogens with one attached hydrogen (secondary N) is 2. The molecule has 172 valence electrons. The number of carbonyl (C=O) groups excluding carboxylic acids is 2. The molecule has 0 aliphatic carbocycles. The highest BCUT2D eigenvalue weighted by molar-refractivity contribution is 6.05. The lowest BCUT2D eigenvalue weighted by Gasteiger charge is -2.14. The number of ether oxygens (including phenoxy) is 3. The summed E-state index contributed by atoms with van der Waals surface area (Å²) < 4.78 is 29.3. The Balaban J connectivity index is 1.62. The van der Waals surface area contributed by atoms with Crippen molar-refractivity contribution in [2.75, 3.05) is 32.0 Å². The van der Waals surface area contributed by atoms with Gasteiger partial charge in [-0.1, -0.05) is 12.1 Å². The molecule has 0 heterocycles. The maximum atomic E-state index is 13.3. The van der Waals surface area contributed by atoms with Gasteiger partial charge in [0.15, 0.2) is 11.5 Å².